The van der Waals surface area contributed by atoms with Crippen molar-refractivity contribution in [2.75, 3.05) is 26.2 Å². The van der Waals surface area contributed by atoms with Gasteiger partial charge in [-0.25, -0.2) is 8.42 Å². The van der Waals surface area contributed by atoms with E-state index in [1.807, 2.05) is 18.2 Å². The van der Waals surface area contributed by atoms with Crippen LogP contribution in [0.5, 0.6) is 0 Å². The average molecular weight is 408 g/mol. The van der Waals surface area contributed by atoms with Gasteiger partial charge >= 0.3 is 0 Å². The van der Waals surface area contributed by atoms with E-state index in [1.54, 1.807) is 16.4 Å². The highest BCUT2D eigenvalue weighted by molar-refractivity contribution is 7.91. The highest BCUT2D eigenvalue weighted by atomic mass is 32.2. The van der Waals surface area contributed by atoms with Crippen molar-refractivity contribution >= 4 is 27.3 Å². The van der Waals surface area contributed by atoms with E-state index in [2.05, 4.69) is 22.3 Å². The van der Waals surface area contributed by atoms with Crippen LogP contribution >= 0.6 is 11.3 Å². The number of thiophene rings is 1. The summed E-state index contributed by atoms with van der Waals surface area (Å²) in [7, 11) is -3.49. The number of hydrogen-bond donors (Lipinski definition) is 1. The molecule has 1 aromatic carbocycles. The van der Waals surface area contributed by atoms with Crippen molar-refractivity contribution in [1.82, 2.24) is 14.5 Å². The van der Waals surface area contributed by atoms with Crippen LogP contribution in [-0.2, 0) is 27.9 Å². The number of nitrogens with zero attached hydrogens (tertiary/aromatic N) is 2. The zero-order valence-electron chi connectivity index (χ0n) is 15.4. The maximum Gasteiger partial charge on any atom is 0.252 e. The van der Waals surface area contributed by atoms with Crippen LogP contribution in [0.2, 0.25) is 0 Å². The fourth-order valence-electron chi connectivity index (χ4n) is 3.12. The highest BCUT2D eigenvalue weighted by Gasteiger charge is 2.28. The Bertz CT molecular complexity index is 865. The summed E-state index contributed by atoms with van der Waals surface area (Å²) in [5, 5.41) is 2.70. The summed E-state index contributed by atoms with van der Waals surface area (Å²) < 4.78 is 27.9. The van der Waals surface area contributed by atoms with E-state index in [9.17, 15) is 13.2 Å². The van der Waals surface area contributed by atoms with Gasteiger partial charge in [0.2, 0.25) is 5.91 Å². The Hall–Kier alpha value is -1.74. The standard InChI is InChI=1S/C19H25N3O3S2/c1-16(23)20-14-18-8-9-19(26-18)27(24,25)22-11-5-10-21(12-13-22)15-17-6-3-2-4-7-17/h2-4,6-9H,5,10-15H2,1H3,(H,20,23). The molecule has 2 aromatic rings. The summed E-state index contributed by atoms with van der Waals surface area (Å²) in [5.41, 5.74) is 1.25. The van der Waals surface area contributed by atoms with Crippen LogP contribution in [0.4, 0.5) is 0 Å². The van der Waals surface area contributed by atoms with Gasteiger partial charge in [0, 0.05) is 38.0 Å². The molecule has 6 nitrogen and oxygen atoms in total. The average Bonchev–Trinajstić information content (AvgIpc) is 3.01. The minimum absolute atomic E-state index is 0.126. The zero-order valence-corrected chi connectivity index (χ0v) is 17.1. The summed E-state index contributed by atoms with van der Waals surface area (Å²) in [4.78, 5) is 14.2. The number of hydrogen-bond acceptors (Lipinski definition) is 5. The molecular formula is C19H25N3O3S2. The van der Waals surface area contributed by atoms with Gasteiger partial charge in [-0.1, -0.05) is 30.3 Å². The van der Waals surface area contributed by atoms with Gasteiger partial charge in [-0.2, -0.15) is 4.31 Å². The fraction of sp³-hybridized carbons (Fsp3) is 0.421. The second-order valence-electron chi connectivity index (χ2n) is 6.65. The van der Waals surface area contributed by atoms with E-state index in [-0.39, 0.29) is 5.91 Å². The first-order valence-electron chi connectivity index (χ1n) is 9.05. The molecule has 1 saturated heterocycles. The molecule has 146 valence electrons. The van der Waals surface area contributed by atoms with E-state index in [0.717, 1.165) is 30.9 Å². The van der Waals surface area contributed by atoms with Crippen LogP contribution in [0.1, 0.15) is 23.8 Å². The normalized spacial score (nSPS) is 16.8. The van der Waals surface area contributed by atoms with Crippen molar-refractivity contribution in [3.63, 3.8) is 0 Å². The van der Waals surface area contributed by atoms with Crippen molar-refractivity contribution in [3.05, 3.63) is 52.9 Å². The Balaban J connectivity index is 1.62. The molecule has 0 aliphatic carbocycles. The first-order chi connectivity index (χ1) is 12.9. The van der Waals surface area contributed by atoms with Gasteiger partial charge in [0.15, 0.2) is 0 Å². The molecule has 1 N–H and O–H groups in total. The number of benzene rings is 1. The summed E-state index contributed by atoms with van der Waals surface area (Å²) >= 11 is 1.23. The van der Waals surface area contributed by atoms with E-state index in [1.165, 1.54) is 23.8 Å². The Morgan fingerprint density at radius 2 is 1.85 bits per heavy atom. The molecule has 1 aliphatic rings. The monoisotopic (exact) mass is 407 g/mol. The predicted octanol–water partition coefficient (Wildman–Crippen LogP) is 2.28. The van der Waals surface area contributed by atoms with E-state index in [4.69, 9.17) is 0 Å². The second-order valence-corrected chi connectivity index (χ2v) is 9.98. The number of rotatable bonds is 6. The molecule has 0 bridgehead atoms. The molecule has 0 spiro atoms. The van der Waals surface area contributed by atoms with Crippen LogP contribution < -0.4 is 5.32 Å². The van der Waals surface area contributed by atoms with Crippen molar-refractivity contribution in [2.24, 2.45) is 0 Å². The molecule has 0 radical (unpaired) electrons. The maximum atomic E-state index is 13.0. The molecule has 1 fully saturated rings. The Kier molecular flexibility index (Phi) is 6.64. The van der Waals surface area contributed by atoms with Gasteiger partial charge in [0.1, 0.15) is 4.21 Å². The van der Waals surface area contributed by atoms with E-state index < -0.39 is 10.0 Å². The van der Waals surface area contributed by atoms with E-state index >= 15 is 0 Å². The number of nitrogens with one attached hydrogen (secondary N) is 1. The largest absolute Gasteiger partial charge is 0.351 e. The van der Waals surface area contributed by atoms with Gasteiger partial charge in [0.25, 0.3) is 10.0 Å². The van der Waals surface area contributed by atoms with Gasteiger partial charge in [-0.15, -0.1) is 11.3 Å². The van der Waals surface area contributed by atoms with Gasteiger partial charge in [0.05, 0.1) is 6.54 Å². The van der Waals surface area contributed by atoms with E-state index in [0.29, 0.717) is 23.8 Å². The molecule has 1 aromatic heterocycles. The third-order valence-electron chi connectivity index (χ3n) is 4.54. The number of sulfonamides is 1. The van der Waals surface area contributed by atoms with Crippen LogP contribution in [0.3, 0.4) is 0 Å². The fourth-order valence-corrected chi connectivity index (χ4v) is 6.04. The lowest BCUT2D eigenvalue weighted by Gasteiger charge is -2.21. The third kappa shape index (κ3) is 5.38. The van der Waals surface area contributed by atoms with Crippen LogP contribution in [-0.4, -0.2) is 49.7 Å². The lowest BCUT2D eigenvalue weighted by molar-refractivity contribution is -0.119. The molecule has 2 heterocycles. The first kappa shape index (κ1) is 20.0. The van der Waals surface area contributed by atoms with Crippen molar-refractivity contribution < 1.29 is 13.2 Å². The molecular weight excluding hydrogens is 382 g/mol. The smallest absolute Gasteiger partial charge is 0.252 e. The van der Waals surface area contributed by atoms with Crippen molar-refractivity contribution in [3.8, 4) is 0 Å². The predicted molar refractivity (Wildman–Crippen MR) is 107 cm³/mol. The number of amides is 1. The molecule has 0 saturated carbocycles. The van der Waals surface area contributed by atoms with Crippen LogP contribution in [0.25, 0.3) is 0 Å². The van der Waals surface area contributed by atoms with Crippen LogP contribution in [0.15, 0.2) is 46.7 Å². The molecule has 0 atom stereocenters. The molecule has 1 aliphatic heterocycles. The lowest BCUT2D eigenvalue weighted by Crippen LogP contribution is -2.34. The summed E-state index contributed by atoms with van der Waals surface area (Å²) in [6.07, 6.45) is 0.816. The minimum Gasteiger partial charge on any atom is -0.351 e. The first-order valence-corrected chi connectivity index (χ1v) is 11.3. The topological polar surface area (TPSA) is 69.7 Å². The molecule has 27 heavy (non-hydrogen) atoms. The van der Waals surface area contributed by atoms with Crippen LogP contribution in [0, 0.1) is 0 Å². The van der Waals surface area contributed by atoms with Gasteiger partial charge < -0.3 is 5.32 Å². The second kappa shape index (κ2) is 8.97. The number of carbonyl (C=O) groups excluding carboxylic acids is 1. The van der Waals surface area contributed by atoms with Crippen molar-refractivity contribution in [1.29, 1.82) is 0 Å². The summed E-state index contributed by atoms with van der Waals surface area (Å²) in [5.74, 6) is -0.126. The zero-order chi connectivity index (χ0) is 19.3. The number of carbonyl (C=O) groups is 1. The Morgan fingerprint density at radius 1 is 1.07 bits per heavy atom. The molecule has 8 heteroatoms. The molecule has 0 unspecified atom stereocenters. The molecule has 1 amide bonds. The Labute approximate surface area is 164 Å². The van der Waals surface area contributed by atoms with Gasteiger partial charge in [-0.05, 0) is 30.7 Å². The summed E-state index contributed by atoms with van der Waals surface area (Å²) in [6.45, 7) is 5.29. The lowest BCUT2D eigenvalue weighted by atomic mass is 10.2. The third-order valence-corrected chi connectivity index (χ3v) is 7.99. The quantitative estimate of drug-likeness (QED) is 0.798. The van der Waals surface area contributed by atoms with Gasteiger partial charge in [-0.3, -0.25) is 9.69 Å². The molecule has 3 rings (SSSR count). The SMILES string of the molecule is CC(=O)NCc1ccc(S(=O)(=O)N2CCCN(Cc3ccccc3)CC2)s1. The van der Waals surface area contributed by atoms with Crippen molar-refractivity contribution in [2.45, 2.75) is 30.6 Å². The Morgan fingerprint density at radius 3 is 2.59 bits per heavy atom. The minimum atomic E-state index is -3.49. The maximum absolute atomic E-state index is 13.0. The highest BCUT2D eigenvalue weighted by Crippen LogP contribution is 2.26. The summed E-state index contributed by atoms with van der Waals surface area (Å²) in [6, 6.07) is 13.7.